The van der Waals surface area contributed by atoms with Crippen molar-refractivity contribution in [2.75, 3.05) is 13.1 Å². The van der Waals surface area contributed by atoms with Crippen molar-refractivity contribution in [1.82, 2.24) is 16.0 Å². The zero-order chi connectivity index (χ0) is 29.3. The van der Waals surface area contributed by atoms with Gasteiger partial charge in [-0.25, -0.2) is 4.79 Å². The molecule has 0 saturated heterocycles. The minimum atomic E-state index is -1.21. The standard InChI is InChI=1S/C23H45N9O6/c1-13(2)12-17(22(37)38)32-20(35)15(7-3-4-10-24)31-21(36)16(8-9-18(26)33)30-19(34)14(25)6-5-11-29-23(27)28/h13-17H,3-12,24-25H2,1-2H3,(H2,26,33)(H,30,34)(H,31,36)(H,32,35)(H,37,38)(H4,27,28,29). The van der Waals surface area contributed by atoms with Crippen molar-refractivity contribution in [3.63, 3.8) is 0 Å². The smallest absolute Gasteiger partial charge is 0.326 e. The largest absolute Gasteiger partial charge is 0.480 e. The Labute approximate surface area is 223 Å². The average Bonchev–Trinajstić information content (AvgIpc) is 2.82. The van der Waals surface area contributed by atoms with Gasteiger partial charge in [-0.2, -0.15) is 0 Å². The maximum absolute atomic E-state index is 13.1. The molecule has 0 aromatic heterocycles. The number of carboxylic acids is 1. The van der Waals surface area contributed by atoms with Gasteiger partial charge in [0.05, 0.1) is 6.04 Å². The van der Waals surface area contributed by atoms with E-state index in [2.05, 4.69) is 20.9 Å². The maximum Gasteiger partial charge on any atom is 0.326 e. The summed E-state index contributed by atoms with van der Waals surface area (Å²) in [6, 6.07) is -4.43. The molecule has 0 fully saturated rings. The van der Waals surface area contributed by atoms with Crippen LogP contribution >= 0.6 is 0 Å². The fraction of sp³-hybridized carbons (Fsp3) is 0.739. The van der Waals surface area contributed by atoms with E-state index in [1.165, 1.54) is 0 Å². The molecule has 0 radical (unpaired) electrons. The van der Waals surface area contributed by atoms with Gasteiger partial charge in [0.1, 0.15) is 18.1 Å². The highest BCUT2D eigenvalue weighted by atomic mass is 16.4. The predicted octanol–water partition coefficient (Wildman–Crippen LogP) is -2.65. The Morgan fingerprint density at radius 1 is 0.789 bits per heavy atom. The lowest BCUT2D eigenvalue weighted by Crippen LogP contribution is -2.57. The summed E-state index contributed by atoms with van der Waals surface area (Å²) in [5.74, 6) is -4.04. The van der Waals surface area contributed by atoms with E-state index in [1.54, 1.807) is 0 Å². The van der Waals surface area contributed by atoms with Crippen molar-refractivity contribution in [2.45, 2.75) is 89.4 Å². The topological polar surface area (TPSA) is 284 Å². The Bertz CT molecular complexity index is 817. The second-order valence-electron chi connectivity index (χ2n) is 9.50. The minimum Gasteiger partial charge on any atom is -0.480 e. The number of carboxylic acid groups (broad SMARTS) is 1. The van der Waals surface area contributed by atoms with Gasteiger partial charge in [-0.15, -0.1) is 0 Å². The molecule has 14 N–H and O–H groups in total. The Hall–Kier alpha value is -3.46. The summed E-state index contributed by atoms with van der Waals surface area (Å²) in [7, 11) is 0. The van der Waals surface area contributed by atoms with Crippen molar-refractivity contribution < 1.29 is 29.1 Å². The number of guanidine groups is 1. The lowest BCUT2D eigenvalue weighted by Gasteiger charge is -2.25. The number of amides is 4. The summed E-state index contributed by atoms with van der Waals surface area (Å²) < 4.78 is 0. The zero-order valence-electron chi connectivity index (χ0n) is 22.3. The second-order valence-corrected chi connectivity index (χ2v) is 9.50. The lowest BCUT2D eigenvalue weighted by molar-refractivity contribution is -0.142. The first-order valence-corrected chi connectivity index (χ1v) is 12.7. The SMILES string of the molecule is CC(C)CC(NC(=O)C(CCCCN)NC(=O)C(CCC(N)=O)NC(=O)C(N)CCCN=C(N)N)C(=O)O. The number of aliphatic imine (C=N–C) groups is 1. The van der Waals surface area contributed by atoms with E-state index in [1.807, 2.05) is 13.8 Å². The molecule has 0 spiro atoms. The first-order chi connectivity index (χ1) is 17.8. The highest BCUT2D eigenvalue weighted by Gasteiger charge is 2.30. The van der Waals surface area contributed by atoms with Gasteiger partial charge in [0.15, 0.2) is 5.96 Å². The average molecular weight is 544 g/mol. The number of primary amides is 1. The quantitative estimate of drug-likeness (QED) is 0.0436. The van der Waals surface area contributed by atoms with Gasteiger partial charge in [0.25, 0.3) is 0 Å². The summed E-state index contributed by atoms with van der Waals surface area (Å²) in [5.41, 5.74) is 27.2. The first kappa shape index (κ1) is 34.5. The summed E-state index contributed by atoms with van der Waals surface area (Å²) in [5, 5.41) is 17.0. The highest BCUT2D eigenvalue weighted by Crippen LogP contribution is 2.09. The van der Waals surface area contributed by atoms with E-state index in [-0.39, 0.29) is 50.5 Å². The van der Waals surface area contributed by atoms with Gasteiger partial charge in [0, 0.05) is 13.0 Å². The van der Waals surface area contributed by atoms with Gasteiger partial charge < -0.3 is 49.7 Å². The molecule has 15 nitrogen and oxygen atoms in total. The molecule has 38 heavy (non-hydrogen) atoms. The molecule has 0 aromatic carbocycles. The summed E-state index contributed by atoms with van der Waals surface area (Å²) in [4.78, 5) is 65.4. The van der Waals surface area contributed by atoms with Gasteiger partial charge in [-0.05, 0) is 57.4 Å². The zero-order valence-corrected chi connectivity index (χ0v) is 22.3. The van der Waals surface area contributed by atoms with E-state index in [9.17, 15) is 29.1 Å². The number of nitrogens with two attached hydrogens (primary N) is 5. The fourth-order valence-corrected chi connectivity index (χ4v) is 3.48. The van der Waals surface area contributed by atoms with Crippen LogP contribution in [-0.2, 0) is 24.0 Å². The molecule has 4 atom stereocenters. The molecule has 0 aromatic rings. The van der Waals surface area contributed by atoms with E-state index >= 15 is 0 Å². The number of hydrogen-bond acceptors (Lipinski definition) is 8. The molecule has 0 heterocycles. The lowest BCUT2D eigenvalue weighted by atomic mass is 10.0. The molecule has 0 aliphatic rings. The number of unbranched alkanes of at least 4 members (excludes halogenated alkanes) is 1. The molecule has 0 aliphatic carbocycles. The van der Waals surface area contributed by atoms with Crippen LogP contribution in [0.15, 0.2) is 4.99 Å². The number of carbonyl (C=O) groups is 5. The van der Waals surface area contributed by atoms with Gasteiger partial charge in [-0.3, -0.25) is 24.2 Å². The molecule has 4 amide bonds. The summed E-state index contributed by atoms with van der Waals surface area (Å²) in [6.07, 6.45) is 1.73. The van der Waals surface area contributed by atoms with Crippen LogP contribution in [0.4, 0.5) is 0 Å². The van der Waals surface area contributed by atoms with E-state index in [0.29, 0.717) is 25.8 Å². The number of nitrogens with zero attached hydrogens (tertiary/aromatic N) is 1. The molecular weight excluding hydrogens is 498 g/mol. The monoisotopic (exact) mass is 543 g/mol. The van der Waals surface area contributed by atoms with Gasteiger partial charge >= 0.3 is 5.97 Å². The Balaban J connectivity index is 5.51. The Morgan fingerprint density at radius 3 is 1.84 bits per heavy atom. The molecule has 0 rings (SSSR count). The number of aliphatic carboxylic acids is 1. The number of nitrogens with one attached hydrogen (secondary N) is 3. The van der Waals surface area contributed by atoms with Gasteiger partial charge in [-0.1, -0.05) is 13.8 Å². The number of carbonyl (C=O) groups excluding carboxylic acids is 4. The van der Waals surface area contributed by atoms with E-state index < -0.39 is 53.8 Å². The number of hydrogen-bond donors (Lipinski definition) is 9. The van der Waals surface area contributed by atoms with Crippen LogP contribution in [0.1, 0.15) is 65.2 Å². The van der Waals surface area contributed by atoms with E-state index in [4.69, 9.17) is 28.7 Å². The van der Waals surface area contributed by atoms with Crippen molar-refractivity contribution in [1.29, 1.82) is 0 Å². The summed E-state index contributed by atoms with van der Waals surface area (Å²) >= 11 is 0. The number of rotatable bonds is 20. The van der Waals surface area contributed by atoms with Crippen LogP contribution < -0.4 is 44.6 Å². The van der Waals surface area contributed by atoms with Crippen LogP contribution in [-0.4, -0.2) is 77.9 Å². The Kier molecular flexibility index (Phi) is 17.0. The molecule has 0 bridgehead atoms. The molecule has 218 valence electrons. The van der Waals surface area contributed by atoms with Crippen LogP contribution in [0.25, 0.3) is 0 Å². The fourth-order valence-electron chi connectivity index (χ4n) is 3.48. The molecular formula is C23H45N9O6. The van der Waals surface area contributed by atoms with Crippen molar-refractivity contribution in [3.8, 4) is 0 Å². The Morgan fingerprint density at radius 2 is 1.34 bits per heavy atom. The molecule has 4 unspecified atom stereocenters. The third-order valence-corrected chi connectivity index (χ3v) is 5.52. The normalized spacial score (nSPS) is 14.0. The van der Waals surface area contributed by atoms with Crippen molar-refractivity contribution in [2.24, 2.45) is 39.6 Å². The highest BCUT2D eigenvalue weighted by molar-refractivity contribution is 5.94. The van der Waals surface area contributed by atoms with Crippen LogP contribution in [0, 0.1) is 5.92 Å². The molecule has 15 heteroatoms. The molecule has 0 aliphatic heterocycles. The predicted molar refractivity (Wildman–Crippen MR) is 142 cm³/mol. The van der Waals surface area contributed by atoms with E-state index in [0.717, 1.165) is 0 Å². The van der Waals surface area contributed by atoms with Gasteiger partial charge in [0.2, 0.25) is 23.6 Å². The summed E-state index contributed by atoms with van der Waals surface area (Å²) in [6.45, 7) is 4.27. The first-order valence-electron chi connectivity index (χ1n) is 12.7. The van der Waals surface area contributed by atoms with Crippen LogP contribution in [0.3, 0.4) is 0 Å². The second kappa shape index (κ2) is 18.7. The van der Waals surface area contributed by atoms with Crippen LogP contribution in [0.2, 0.25) is 0 Å². The van der Waals surface area contributed by atoms with Crippen LogP contribution in [0.5, 0.6) is 0 Å². The molecule has 0 saturated carbocycles. The maximum atomic E-state index is 13.1. The third kappa shape index (κ3) is 15.6. The minimum absolute atomic E-state index is 0.00116. The van der Waals surface area contributed by atoms with Crippen molar-refractivity contribution in [3.05, 3.63) is 0 Å². The van der Waals surface area contributed by atoms with Crippen molar-refractivity contribution >= 4 is 35.6 Å². The third-order valence-electron chi connectivity index (χ3n) is 5.52.